The summed E-state index contributed by atoms with van der Waals surface area (Å²) < 4.78 is 35.4. The molecule has 3 saturated heterocycles. The Morgan fingerprint density at radius 1 is 0.361 bits per heavy atom. The van der Waals surface area contributed by atoms with E-state index in [1.165, 1.54) is 19.3 Å². The quantitative estimate of drug-likeness (QED) is 0.0625. The van der Waals surface area contributed by atoms with Crippen LogP contribution in [-0.4, -0.2) is 191 Å². The molecule has 24 heteroatoms. The number of carbonyl (C=O) groups excluding carboxylic acids is 1. The first-order valence-electron chi connectivity index (χ1n) is 49.8. The van der Waals surface area contributed by atoms with Crippen molar-refractivity contribution < 1.29 is 33.6 Å². The van der Waals surface area contributed by atoms with E-state index >= 15 is 0 Å². The van der Waals surface area contributed by atoms with Gasteiger partial charge in [-0.15, -0.1) is 0 Å². The molecular weight excluding hydrogens is 1800 g/mol. The van der Waals surface area contributed by atoms with Crippen LogP contribution in [0.15, 0.2) is 281 Å². The van der Waals surface area contributed by atoms with Gasteiger partial charge in [-0.05, 0) is 248 Å². The average molecular weight is 1920 g/mol. The van der Waals surface area contributed by atoms with Crippen LogP contribution in [0.3, 0.4) is 0 Å². The van der Waals surface area contributed by atoms with Crippen LogP contribution in [0.25, 0.3) is 157 Å². The van der Waals surface area contributed by atoms with Crippen molar-refractivity contribution in [2.45, 2.75) is 83.8 Å². The number of likely N-dealkylation sites (N-methyl/N-ethyl adjacent to an activating group) is 1. The van der Waals surface area contributed by atoms with Gasteiger partial charge in [0.05, 0.1) is 65.2 Å². The van der Waals surface area contributed by atoms with Crippen LogP contribution in [0.4, 0.5) is 0 Å². The maximum absolute atomic E-state index is 12.5. The zero-order valence-electron chi connectivity index (χ0n) is 82.6. The average Bonchev–Trinajstić information content (AvgIpc) is 1.51. The number of aromatic nitrogens is 9. The van der Waals surface area contributed by atoms with Gasteiger partial charge in [0.2, 0.25) is 11.8 Å². The van der Waals surface area contributed by atoms with Gasteiger partial charge >= 0.3 is 0 Å². The minimum Gasteiger partial charge on any atom is -0.492 e. The first-order valence-corrected chi connectivity index (χ1v) is 49.8. The summed E-state index contributed by atoms with van der Waals surface area (Å²) in [6.45, 7) is 16.5. The predicted octanol–water partition coefficient (Wildman–Crippen LogP) is 19.0. The van der Waals surface area contributed by atoms with Gasteiger partial charge in [-0.3, -0.25) is 43.7 Å². The highest BCUT2D eigenvalue weighted by Gasteiger charge is 2.31. The van der Waals surface area contributed by atoms with E-state index < -0.39 is 0 Å². The fourth-order valence-corrected chi connectivity index (χ4v) is 20.6. The monoisotopic (exact) mass is 1920 g/mol. The zero-order valence-corrected chi connectivity index (χ0v) is 82.6. The standard InChI is InChI=1S/C33H35N3O2.C32H32N4O3.C30H29N3O3.C25H21N3O3/c1-22-6-4-7-23(2)36(22)18-19-38-27-14-10-24(11-15-27)31-17-13-26-20-25(12-16-32(26)34-31)30-21-35(3)33(37)29-9-5-8-28(29)30;1-21-31(37)34(2)13-14-36(21)15-16-39-26-11-9-22(10-12-26)23-7-8-24-18-30(33-19-25(24)17-23)29-20-35(3)32(38)28-6-4-5-27(28)29;1-32-20-27(25-3-2-4-26(25)30(32)34)22-7-11-29-23(19-22)8-12-28(31-29)21-5-9-24(10-6-21)36-18-15-33-13-16-35-17-14-33;1-28-15-21(19-3-2-4-20(19)25(28)30)23-9-6-17-13-16(5-8-22(17)27-23)18-7-10-24(26-14-18)31-12-11-29/h5,8,10-17,20-23H,4,6-7,9,18-19H2,1-3H3;4-5,7-12,17-21H,6,13-16H2,1-3H3;2-3,5-12,19-20H,4,13-18H2,1H3;2-3,5-10,13-15,29H,4,11-12H2,1H3/t22-,23+;21-;;/m.1../s1. The molecule has 3 aliphatic heterocycles. The molecule has 0 saturated carbocycles. The lowest BCUT2D eigenvalue weighted by atomic mass is 9.98. The number of aryl methyl sites for hydroxylation is 4. The highest BCUT2D eigenvalue weighted by atomic mass is 16.5. The number of amides is 1. The second-order valence-electron chi connectivity index (χ2n) is 38.1. The Balaban J connectivity index is 0.000000118. The molecule has 1 N–H and O–H groups in total. The molecule has 23 rings (SSSR count). The maximum Gasteiger partial charge on any atom is 0.254 e. The van der Waals surface area contributed by atoms with Crippen LogP contribution in [0.1, 0.15) is 84.5 Å². The molecule has 7 aliphatic rings. The van der Waals surface area contributed by atoms with Crippen molar-refractivity contribution in [3.63, 3.8) is 0 Å². The third kappa shape index (κ3) is 20.8. The van der Waals surface area contributed by atoms with Gasteiger partial charge in [0, 0.05) is 219 Å². The number of aliphatic hydroxyl groups is 1. The molecule has 12 heterocycles. The van der Waals surface area contributed by atoms with Crippen molar-refractivity contribution in [2.75, 3.05) is 99.1 Å². The van der Waals surface area contributed by atoms with E-state index in [1.807, 2.05) is 144 Å². The largest absolute Gasteiger partial charge is 0.492 e. The number of carbonyl (C=O) groups is 1. The number of fused-ring (bicyclic) bond motifs is 8. The number of piperidine rings is 1. The van der Waals surface area contributed by atoms with Crippen molar-refractivity contribution >= 4 is 73.7 Å². The van der Waals surface area contributed by atoms with E-state index in [0.29, 0.717) is 63.5 Å². The number of hydrogen-bond donors (Lipinski definition) is 1. The van der Waals surface area contributed by atoms with E-state index in [-0.39, 0.29) is 47.4 Å². The Labute approximate surface area is 836 Å². The Kier molecular flexibility index (Phi) is 28.5. The minimum absolute atomic E-state index is 0.0402. The Bertz CT molecular complexity index is 7940. The fraction of sp³-hybridized carbons (Fsp3) is 0.267. The molecule has 9 aromatic heterocycles. The molecule has 24 nitrogen and oxygen atoms in total. The van der Waals surface area contributed by atoms with Crippen molar-refractivity contribution in [2.24, 2.45) is 28.2 Å². The Hall–Kier alpha value is -15.4. The Morgan fingerprint density at radius 2 is 0.771 bits per heavy atom. The third-order valence-corrected chi connectivity index (χ3v) is 28.8. The summed E-state index contributed by atoms with van der Waals surface area (Å²) >= 11 is 0. The minimum atomic E-state index is -0.104. The molecule has 16 aromatic rings. The summed E-state index contributed by atoms with van der Waals surface area (Å²) in [7, 11) is 9.08. The van der Waals surface area contributed by atoms with Gasteiger partial charge in [-0.25, -0.2) is 19.9 Å². The number of pyridine rings is 9. The van der Waals surface area contributed by atoms with E-state index in [2.05, 4.69) is 191 Å². The van der Waals surface area contributed by atoms with Crippen LogP contribution < -0.4 is 41.2 Å². The number of benzene rings is 7. The molecule has 728 valence electrons. The van der Waals surface area contributed by atoms with Crippen LogP contribution in [0.2, 0.25) is 0 Å². The summed E-state index contributed by atoms with van der Waals surface area (Å²) in [6.07, 6.45) is 34.3. The highest BCUT2D eigenvalue weighted by molar-refractivity contribution is 5.94. The number of hydrogen-bond acceptors (Lipinski definition) is 19. The van der Waals surface area contributed by atoms with Gasteiger partial charge in [-0.2, -0.15) is 0 Å². The van der Waals surface area contributed by atoms with Gasteiger partial charge in [0.25, 0.3) is 22.2 Å². The number of allylic oxidation sites excluding steroid dienone is 4. The van der Waals surface area contributed by atoms with Crippen molar-refractivity contribution in [1.29, 1.82) is 0 Å². The number of likely N-dealkylation sites (tertiary alicyclic amines) is 1. The second-order valence-corrected chi connectivity index (χ2v) is 38.1. The van der Waals surface area contributed by atoms with Gasteiger partial charge in [0.1, 0.15) is 43.7 Å². The summed E-state index contributed by atoms with van der Waals surface area (Å²) in [5.41, 5.74) is 26.8. The van der Waals surface area contributed by atoms with Crippen LogP contribution >= 0.6 is 0 Å². The summed E-state index contributed by atoms with van der Waals surface area (Å²) in [5, 5.41) is 14.2. The van der Waals surface area contributed by atoms with Gasteiger partial charge in [0.15, 0.2) is 0 Å². The van der Waals surface area contributed by atoms with Crippen molar-refractivity contribution in [3.8, 4) is 113 Å². The normalized spacial score (nSPS) is 16.2. The lowest BCUT2D eigenvalue weighted by Gasteiger charge is -2.38. The smallest absolute Gasteiger partial charge is 0.254 e. The molecule has 0 bridgehead atoms. The van der Waals surface area contributed by atoms with Gasteiger partial charge in [-0.1, -0.05) is 116 Å². The zero-order chi connectivity index (χ0) is 99.2. The number of morpholine rings is 1. The molecule has 1 amide bonds. The lowest BCUT2D eigenvalue weighted by Crippen LogP contribution is -2.55. The number of piperazine rings is 1. The number of ether oxygens (including phenoxy) is 5. The van der Waals surface area contributed by atoms with Crippen LogP contribution in [0.5, 0.6) is 23.1 Å². The number of nitrogens with zero attached hydrogens (tertiary/aromatic N) is 13. The van der Waals surface area contributed by atoms with E-state index in [1.54, 1.807) is 49.5 Å². The third-order valence-electron chi connectivity index (χ3n) is 28.8. The van der Waals surface area contributed by atoms with Crippen molar-refractivity contribution in [3.05, 3.63) is 348 Å². The molecule has 0 unspecified atom stereocenters. The summed E-state index contributed by atoms with van der Waals surface area (Å²) in [5.74, 6) is 3.24. The molecule has 144 heavy (non-hydrogen) atoms. The van der Waals surface area contributed by atoms with Crippen molar-refractivity contribution in [1.82, 2.24) is 62.8 Å². The molecule has 3 atom stereocenters. The van der Waals surface area contributed by atoms with E-state index in [0.717, 1.165) is 254 Å². The summed E-state index contributed by atoms with van der Waals surface area (Å²) in [6, 6.07) is 69.2. The molecule has 4 aliphatic carbocycles. The molecule has 0 spiro atoms. The Morgan fingerprint density at radius 3 is 1.27 bits per heavy atom. The molecule has 3 fully saturated rings. The van der Waals surface area contributed by atoms with Crippen LogP contribution in [0, 0.1) is 0 Å². The lowest BCUT2D eigenvalue weighted by molar-refractivity contribution is -0.139. The van der Waals surface area contributed by atoms with Crippen LogP contribution in [-0.2, 0) is 63.4 Å². The van der Waals surface area contributed by atoms with E-state index in [4.69, 9.17) is 48.7 Å². The first-order chi connectivity index (χ1) is 70.1. The fourth-order valence-electron chi connectivity index (χ4n) is 20.6. The summed E-state index contributed by atoms with van der Waals surface area (Å²) in [4.78, 5) is 94.7. The highest BCUT2D eigenvalue weighted by Crippen LogP contribution is 2.39. The maximum atomic E-state index is 12.5. The van der Waals surface area contributed by atoms with E-state index in [9.17, 15) is 24.0 Å². The number of aliphatic hydroxyl groups excluding tert-OH is 1. The first kappa shape index (κ1) is 96.1. The topological polar surface area (TPSA) is 249 Å². The number of rotatable bonds is 23. The van der Waals surface area contributed by atoms with Gasteiger partial charge < -0.3 is 52.0 Å². The molecule has 0 radical (unpaired) electrons. The predicted molar refractivity (Wildman–Crippen MR) is 575 cm³/mol. The molecule has 7 aromatic carbocycles. The SMILES string of the molecule is C[C@@H]1C(=O)N(C)CCN1CCOc1ccc(-c2ccc3cc(-c4cn(C)c(=O)c5c4C=CC5)ncc3c2)cc1.C[C@@H]1CCC[C@H](C)N1CCOc1ccc(-c2ccc3cc(-c4cn(C)c(=O)c5c4C=CC5)ccc3n2)cc1.Cn1cc(-c2ccc3cc(-c4ccc(OCCO)nc4)ccc3n2)c2c(c1=O)CC=C2.Cn1cc(-c2ccc3nc(-c4ccc(OCCN5CCOCC5)cc4)ccc3c2)c2c(c1=O)CC=C2. The second kappa shape index (κ2) is 42.8. The molecular formula is C120H117N13O11.